The molecule has 2 nitrogen and oxygen atoms in total. The van der Waals surface area contributed by atoms with E-state index < -0.39 is 0 Å². The van der Waals surface area contributed by atoms with Crippen LogP contribution in [-0.4, -0.2) is 23.3 Å². The number of allylic oxidation sites excluding steroid dienone is 2. The van der Waals surface area contributed by atoms with Crippen molar-refractivity contribution in [3.63, 3.8) is 0 Å². The minimum Gasteiger partial charge on any atom is -0.368 e. The largest absolute Gasteiger partial charge is 0.368 e. The topological polar surface area (TPSA) is 20.3 Å². The van der Waals surface area contributed by atoms with Gasteiger partial charge in [-0.1, -0.05) is 6.08 Å². The molecule has 0 amide bonds. The third-order valence-corrected chi connectivity index (χ3v) is 2.64. The molecule has 0 aromatic carbocycles. The van der Waals surface area contributed by atoms with Crippen LogP contribution in [0.25, 0.3) is 0 Å². The van der Waals surface area contributed by atoms with Crippen LogP contribution in [0.15, 0.2) is 24.4 Å². The predicted octanol–water partition coefficient (Wildman–Crippen LogP) is 1.88. The summed E-state index contributed by atoms with van der Waals surface area (Å²) in [5, 5.41) is 0. The maximum Gasteiger partial charge on any atom is 0.157 e. The first-order valence-corrected chi connectivity index (χ1v) is 4.92. The average Bonchev–Trinajstić information content (AvgIpc) is 2.85. The van der Waals surface area contributed by atoms with Crippen molar-refractivity contribution in [2.45, 2.75) is 31.7 Å². The van der Waals surface area contributed by atoms with E-state index in [1.165, 1.54) is 18.5 Å². The molecule has 0 unspecified atom stereocenters. The Morgan fingerprint density at radius 3 is 2.77 bits per heavy atom. The molecule has 0 radical (unpaired) electrons. The molecule has 1 saturated carbocycles. The average molecular weight is 177 g/mol. The zero-order chi connectivity index (χ0) is 9.26. The first-order chi connectivity index (χ1) is 6.31. The number of nitrogens with zero attached hydrogens (tertiary/aromatic N) is 1. The van der Waals surface area contributed by atoms with Crippen LogP contribution in [0, 0.1) is 0 Å². The zero-order valence-electron chi connectivity index (χ0n) is 7.83. The normalized spacial score (nSPS) is 21.5. The van der Waals surface area contributed by atoms with E-state index in [1.54, 1.807) is 0 Å². The van der Waals surface area contributed by atoms with Crippen molar-refractivity contribution in [3.8, 4) is 0 Å². The Hall–Kier alpha value is -1.05. The van der Waals surface area contributed by atoms with Crippen LogP contribution < -0.4 is 0 Å². The van der Waals surface area contributed by atoms with Crippen LogP contribution in [0.2, 0.25) is 0 Å². The van der Waals surface area contributed by atoms with Gasteiger partial charge in [0.2, 0.25) is 0 Å². The van der Waals surface area contributed by atoms with Gasteiger partial charge in [0.1, 0.15) is 0 Å². The molecule has 0 heterocycles. The lowest BCUT2D eigenvalue weighted by Gasteiger charge is -2.23. The van der Waals surface area contributed by atoms with Gasteiger partial charge < -0.3 is 4.90 Å². The fraction of sp³-hybridized carbons (Fsp3) is 0.545. The fourth-order valence-corrected chi connectivity index (χ4v) is 1.83. The third kappa shape index (κ3) is 1.82. The minimum atomic E-state index is 0.282. The number of hydrogen-bond donors (Lipinski definition) is 0. The third-order valence-electron chi connectivity index (χ3n) is 2.64. The highest BCUT2D eigenvalue weighted by Crippen LogP contribution is 2.33. The Kier molecular flexibility index (Phi) is 2.21. The van der Waals surface area contributed by atoms with Gasteiger partial charge in [-0.3, -0.25) is 4.79 Å². The van der Waals surface area contributed by atoms with Gasteiger partial charge in [-0.05, 0) is 19.3 Å². The van der Waals surface area contributed by atoms with Crippen molar-refractivity contribution in [2.75, 3.05) is 6.54 Å². The molecule has 0 spiro atoms. The molecule has 13 heavy (non-hydrogen) atoms. The first-order valence-electron chi connectivity index (χ1n) is 4.92. The minimum absolute atomic E-state index is 0.282. The standard InChI is InChI=1S/C11H15NO/c1-2-7-12(9-3-4-9)10-5-6-11(13)8-10/h2,8-9H,1,3-7H2. The molecule has 0 atom stereocenters. The van der Waals surface area contributed by atoms with Crippen LogP contribution >= 0.6 is 0 Å². The summed E-state index contributed by atoms with van der Waals surface area (Å²) in [6, 6.07) is 0.690. The van der Waals surface area contributed by atoms with Crippen molar-refractivity contribution in [3.05, 3.63) is 24.4 Å². The first kappa shape index (κ1) is 8.54. The van der Waals surface area contributed by atoms with Crippen molar-refractivity contribution in [1.29, 1.82) is 0 Å². The summed E-state index contributed by atoms with van der Waals surface area (Å²) in [7, 11) is 0. The molecule has 0 aromatic heterocycles. The quantitative estimate of drug-likeness (QED) is 0.611. The second-order valence-corrected chi connectivity index (χ2v) is 3.77. The highest BCUT2D eigenvalue weighted by Gasteiger charge is 2.31. The number of ketones is 1. The summed E-state index contributed by atoms with van der Waals surface area (Å²) in [4.78, 5) is 13.4. The van der Waals surface area contributed by atoms with Crippen LogP contribution in [0.4, 0.5) is 0 Å². The van der Waals surface area contributed by atoms with Crippen molar-refractivity contribution >= 4 is 5.78 Å². The molecular weight excluding hydrogens is 162 g/mol. The predicted molar refractivity (Wildman–Crippen MR) is 52.2 cm³/mol. The Bertz CT molecular complexity index is 263. The summed E-state index contributed by atoms with van der Waals surface area (Å²) in [5.74, 6) is 0.282. The summed E-state index contributed by atoms with van der Waals surface area (Å²) in [5.41, 5.74) is 1.23. The number of rotatable bonds is 4. The number of carbonyl (C=O) groups excluding carboxylic acids is 1. The number of hydrogen-bond acceptors (Lipinski definition) is 2. The van der Waals surface area contributed by atoms with Gasteiger partial charge in [0.05, 0.1) is 0 Å². The Morgan fingerprint density at radius 1 is 1.54 bits per heavy atom. The van der Waals surface area contributed by atoms with Crippen molar-refractivity contribution < 1.29 is 4.79 Å². The van der Waals surface area contributed by atoms with Gasteiger partial charge in [0.25, 0.3) is 0 Å². The molecule has 70 valence electrons. The second kappa shape index (κ2) is 3.36. The lowest BCUT2D eigenvalue weighted by atomic mass is 10.3. The fourth-order valence-electron chi connectivity index (χ4n) is 1.83. The van der Waals surface area contributed by atoms with E-state index in [0.29, 0.717) is 12.5 Å². The van der Waals surface area contributed by atoms with E-state index in [1.807, 2.05) is 12.2 Å². The molecule has 2 aliphatic carbocycles. The van der Waals surface area contributed by atoms with Crippen molar-refractivity contribution in [1.82, 2.24) is 4.90 Å². The summed E-state index contributed by atoms with van der Waals surface area (Å²) >= 11 is 0. The van der Waals surface area contributed by atoms with Crippen LogP contribution in [0.1, 0.15) is 25.7 Å². The van der Waals surface area contributed by atoms with Gasteiger partial charge in [-0.25, -0.2) is 0 Å². The molecule has 0 N–H and O–H groups in total. The maximum atomic E-state index is 11.1. The smallest absolute Gasteiger partial charge is 0.157 e. The summed E-state index contributed by atoms with van der Waals surface area (Å²) in [6.07, 6.45) is 7.92. The second-order valence-electron chi connectivity index (χ2n) is 3.77. The molecule has 0 aromatic rings. The molecule has 2 heteroatoms. The van der Waals surface area contributed by atoms with E-state index in [-0.39, 0.29) is 5.78 Å². The van der Waals surface area contributed by atoms with Crippen LogP contribution in [0.5, 0.6) is 0 Å². The molecule has 2 rings (SSSR count). The lowest BCUT2D eigenvalue weighted by Crippen LogP contribution is -2.24. The molecule has 0 aliphatic heterocycles. The van der Waals surface area contributed by atoms with E-state index in [2.05, 4.69) is 11.5 Å². The van der Waals surface area contributed by atoms with Gasteiger partial charge in [-0.15, -0.1) is 6.58 Å². The zero-order valence-corrected chi connectivity index (χ0v) is 7.83. The monoisotopic (exact) mass is 177 g/mol. The SMILES string of the molecule is C=CCN(C1=CC(=O)CC1)C1CC1. The van der Waals surface area contributed by atoms with Crippen molar-refractivity contribution in [2.24, 2.45) is 0 Å². The molecule has 0 bridgehead atoms. The van der Waals surface area contributed by atoms with E-state index in [0.717, 1.165) is 13.0 Å². The molecule has 0 saturated heterocycles. The van der Waals surface area contributed by atoms with Crippen LogP contribution in [0.3, 0.4) is 0 Å². The van der Waals surface area contributed by atoms with Gasteiger partial charge in [0, 0.05) is 30.8 Å². The molecule has 2 aliphatic rings. The maximum absolute atomic E-state index is 11.1. The summed E-state index contributed by atoms with van der Waals surface area (Å²) < 4.78 is 0. The Balaban J connectivity index is 2.05. The lowest BCUT2D eigenvalue weighted by molar-refractivity contribution is -0.114. The van der Waals surface area contributed by atoms with Crippen LogP contribution in [-0.2, 0) is 4.79 Å². The molecule has 1 fully saturated rings. The van der Waals surface area contributed by atoms with Gasteiger partial charge in [0.15, 0.2) is 5.78 Å². The van der Waals surface area contributed by atoms with E-state index in [9.17, 15) is 4.79 Å². The Morgan fingerprint density at radius 2 is 2.31 bits per heavy atom. The van der Waals surface area contributed by atoms with Gasteiger partial charge in [-0.2, -0.15) is 0 Å². The number of carbonyl (C=O) groups is 1. The van der Waals surface area contributed by atoms with E-state index in [4.69, 9.17) is 0 Å². The highest BCUT2D eigenvalue weighted by molar-refractivity contribution is 5.92. The van der Waals surface area contributed by atoms with E-state index >= 15 is 0 Å². The summed E-state index contributed by atoms with van der Waals surface area (Å²) in [6.45, 7) is 4.64. The van der Waals surface area contributed by atoms with Gasteiger partial charge >= 0.3 is 0 Å². The Labute approximate surface area is 78.9 Å². The molecular formula is C11H15NO. The highest BCUT2D eigenvalue weighted by atomic mass is 16.1.